The van der Waals surface area contributed by atoms with Gasteiger partial charge in [-0.2, -0.15) is 4.31 Å². The van der Waals surface area contributed by atoms with Crippen LogP contribution < -0.4 is 5.32 Å². The van der Waals surface area contributed by atoms with E-state index in [9.17, 15) is 8.42 Å². The molecule has 1 aromatic heterocycles. The van der Waals surface area contributed by atoms with E-state index >= 15 is 0 Å². The molecule has 21 heavy (non-hydrogen) atoms. The average molecular weight is 416 g/mol. The first-order chi connectivity index (χ1) is 9.95. The Kier molecular flexibility index (Phi) is 6.52. The lowest BCUT2D eigenvalue weighted by Gasteiger charge is -2.24. The fourth-order valence-electron chi connectivity index (χ4n) is 2.38. The summed E-state index contributed by atoms with van der Waals surface area (Å²) in [4.78, 5) is 0. The highest BCUT2D eigenvalue weighted by molar-refractivity contribution is 9.11. The second-order valence-electron chi connectivity index (χ2n) is 5.20. The molecule has 0 saturated carbocycles. The lowest BCUT2D eigenvalue weighted by molar-refractivity contribution is 0.365. The molecule has 4 nitrogen and oxygen atoms in total. The number of nitrogens with one attached hydrogen (secondary N) is 1. The highest BCUT2D eigenvalue weighted by Gasteiger charge is 2.29. The molecule has 1 saturated heterocycles. The van der Waals surface area contributed by atoms with Crippen molar-refractivity contribution in [2.24, 2.45) is 0 Å². The van der Waals surface area contributed by atoms with E-state index in [2.05, 4.69) is 28.2 Å². The highest BCUT2D eigenvalue weighted by Crippen LogP contribution is 2.36. The summed E-state index contributed by atoms with van der Waals surface area (Å²) in [6, 6.07) is 1.79. The van der Waals surface area contributed by atoms with Gasteiger partial charge in [0, 0.05) is 19.1 Å². The topological polar surface area (TPSA) is 49.4 Å². The van der Waals surface area contributed by atoms with E-state index in [1.54, 1.807) is 4.31 Å². The van der Waals surface area contributed by atoms with Gasteiger partial charge < -0.3 is 5.32 Å². The summed E-state index contributed by atoms with van der Waals surface area (Å²) < 4.78 is 28.2. The molecule has 0 radical (unpaired) electrons. The first kappa shape index (κ1) is 17.7. The van der Waals surface area contributed by atoms with Crippen molar-refractivity contribution in [2.75, 3.05) is 19.6 Å². The predicted octanol–water partition coefficient (Wildman–Crippen LogP) is 3.71. The van der Waals surface area contributed by atoms with Crippen LogP contribution in [0.4, 0.5) is 0 Å². The first-order valence-corrected chi connectivity index (χ1v) is 10.6. The van der Waals surface area contributed by atoms with E-state index in [1.807, 2.05) is 0 Å². The molecule has 0 bridgehead atoms. The summed E-state index contributed by atoms with van der Waals surface area (Å²) in [5.74, 6) is 0. The Morgan fingerprint density at radius 3 is 2.86 bits per heavy atom. The number of hydrogen-bond donors (Lipinski definition) is 1. The molecule has 0 aromatic carbocycles. The van der Waals surface area contributed by atoms with Crippen LogP contribution in [0.5, 0.6) is 0 Å². The normalized spacial score (nSPS) is 19.5. The zero-order valence-corrected chi connectivity index (χ0v) is 15.9. The minimum absolute atomic E-state index is 0.260. The number of nitrogens with zero attached hydrogens (tertiary/aromatic N) is 1. The van der Waals surface area contributed by atoms with Gasteiger partial charge in [-0.25, -0.2) is 8.42 Å². The third-order valence-electron chi connectivity index (χ3n) is 3.56. The SMILES string of the molecule is CCCCN(CC1CCCN1)S(=O)(=O)c1cc(Cl)c(Br)s1. The van der Waals surface area contributed by atoms with Crippen LogP contribution in [0.25, 0.3) is 0 Å². The summed E-state index contributed by atoms with van der Waals surface area (Å²) >= 11 is 10.4. The standard InChI is InChI=1S/C13H20BrClN2O2S2/c1-2-3-7-17(9-10-5-4-6-16-10)21(18,19)12-8-11(15)13(14)20-12/h8,10,16H,2-7,9H2,1H3. The maximum atomic E-state index is 12.8. The minimum atomic E-state index is -3.47. The van der Waals surface area contributed by atoms with Gasteiger partial charge in [0.05, 0.1) is 8.81 Å². The van der Waals surface area contributed by atoms with Crippen LogP contribution >= 0.6 is 38.9 Å². The van der Waals surface area contributed by atoms with E-state index in [0.29, 0.717) is 26.1 Å². The molecule has 1 aliphatic rings. The molecule has 2 heterocycles. The predicted molar refractivity (Wildman–Crippen MR) is 91.7 cm³/mol. The Morgan fingerprint density at radius 1 is 1.57 bits per heavy atom. The Bertz CT molecular complexity index is 551. The van der Waals surface area contributed by atoms with Crippen molar-refractivity contribution in [3.05, 3.63) is 14.9 Å². The van der Waals surface area contributed by atoms with Crippen molar-refractivity contribution < 1.29 is 8.42 Å². The van der Waals surface area contributed by atoms with Gasteiger partial charge in [-0.1, -0.05) is 24.9 Å². The van der Waals surface area contributed by atoms with Gasteiger partial charge in [0.25, 0.3) is 10.0 Å². The highest BCUT2D eigenvalue weighted by atomic mass is 79.9. The Labute approximate surface area is 144 Å². The second kappa shape index (κ2) is 7.75. The molecule has 1 atom stereocenters. The fraction of sp³-hybridized carbons (Fsp3) is 0.692. The van der Waals surface area contributed by atoms with Crippen LogP contribution in [0.15, 0.2) is 14.1 Å². The number of halogens is 2. The monoisotopic (exact) mass is 414 g/mol. The Morgan fingerprint density at radius 2 is 2.33 bits per heavy atom. The van der Waals surface area contributed by atoms with Crippen molar-refractivity contribution in [3.8, 4) is 0 Å². The molecule has 2 rings (SSSR count). The zero-order valence-electron chi connectivity index (χ0n) is 11.9. The van der Waals surface area contributed by atoms with Crippen LogP contribution in [0, 0.1) is 0 Å². The van der Waals surface area contributed by atoms with Crippen LogP contribution in [0.2, 0.25) is 5.02 Å². The molecule has 0 spiro atoms. The largest absolute Gasteiger partial charge is 0.313 e. The van der Waals surface area contributed by atoms with Crippen LogP contribution in [0.1, 0.15) is 32.6 Å². The zero-order chi connectivity index (χ0) is 15.5. The van der Waals surface area contributed by atoms with E-state index in [0.717, 1.165) is 32.2 Å². The quantitative estimate of drug-likeness (QED) is 0.738. The van der Waals surface area contributed by atoms with Crippen LogP contribution in [0.3, 0.4) is 0 Å². The van der Waals surface area contributed by atoms with Gasteiger partial charge in [-0.15, -0.1) is 11.3 Å². The molecule has 1 fully saturated rings. The van der Waals surface area contributed by atoms with E-state index in [4.69, 9.17) is 11.6 Å². The van der Waals surface area contributed by atoms with Crippen LogP contribution in [-0.2, 0) is 10.0 Å². The average Bonchev–Trinajstić information content (AvgIpc) is 3.05. The molecule has 1 aliphatic heterocycles. The van der Waals surface area contributed by atoms with Crippen molar-refractivity contribution in [2.45, 2.75) is 42.9 Å². The number of rotatable bonds is 7. The molecule has 1 N–H and O–H groups in total. The van der Waals surface area contributed by atoms with Crippen molar-refractivity contribution in [1.29, 1.82) is 0 Å². The fourth-order valence-corrected chi connectivity index (χ4v) is 6.46. The van der Waals surface area contributed by atoms with Crippen molar-refractivity contribution in [3.63, 3.8) is 0 Å². The van der Waals surface area contributed by atoms with Gasteiger partial charge in [0.1, 0.15) is 4.21 Å². The van der Waals surface area contributed by atoms with Gasteiger partial charge >= 0.3 is 0 Å². The van der Waals surface area contributed by atoms with Crippen molar-refractivity contribution >= 4 is 48.9 Å². The molecule has 0 aliphatic carbocycles. The van der Waals surface area contributed by atoms with E-state index < -0.39 is 10.0 Å². The summed E-state index contributed by atoms with van der Waals surface area (Å²) in [5.41, 5.74) is 0. The maximum Gasteiger partial charge on any atom is 0.252 e. The number of sulfonamides is 1. The van der Waals surface area contributed by atoms with E-state index in [-0.39, 0.29) is 6.04 Å². The maximum absolute atomic E-state index is 12.8. The number of thiophene rings is 1. The van der Waals surface area contributed by atoms with Crippen LogP contribution in [-0.4, -0.2) is 38.4 Å². The number of hydrogen-bond acceptors (Lipinski definition) is 4. The Hall–Kier alpha value is 0.340. The smallest absolute Gasteiger partial charge is 0.252 e. The molecule has 1 unspecified atom stereocenters. The van der Waals surface area contributed by atoms with Gasteiger partial charge in [0.15, 0.2) is 0 Å². The Balaban J connectivity index is 2.20. The lowest BCUT2D eigenvalue weighted by atomic mass is 10.2. The minimum Gasteiger partial charge on any atom is -0.313 e. The summed E-state index contributed by atoms with van der Waals surface area (Å²) in [5, 5.41) is 3.82. The van der Waals surface area contributed by atoms with Gasteiger partial charge in [0.2, 0.25) is 0 Å². The molecule has 0 amide bonds. The lowest BCUT2D eigenvalue weighted by Crippen LogP contribution is -2.41. The molecule has 8 heteroatoms. The molecular weight excluding hydrogens is 396 g/mol. The second-order valence-corrected chi connectivity index (χ2v) is 10.1. The van der Waals surface area contributed by atoms with E-state index in [1.165, 1.54) is 17.4 Å². The molecule has 1 aromatic rings. The molecular formula is C13H20BrClN2O2S2. The first-order valence-electron chi connectivity index (χ1n) is 7.13. The summed E-state index contributed by atoms with van der Waals surface area (Å²) in [6.45, 7) is 4.14. The third kappa shape index (κ3) is 4.42. The molecule has 120 valence electrons. The third-order valence-corrected chi connectivity index (χ3v) is 8.35. The van der Waals surface area contributed by atoms with Gasteiger partial charge in [-0.05, 0) is 47.8 Å². The van der Waals surface area contributed by atoms with Crippen molar-refractivity contribution in [1.82, 2.24) is 9.62 Å². The van der Waals surface area contributed by atoms with Gasteiger partial charge in [-0.3, -0.25) is 0 Å². The summed E-state index contributed by atoms with van der Waals surface area (Å²) in [6.07, 6.45) is 3.99. The summed E-state index contributed by atoms with van der Waals surface area (Å²) in [7, 11) is -3.47. The number of unbranched alkanes of at least 4 members (excludes halogenated alkanes) is 1.